The Bertz CT molecular complexity index is 1090. The first-order chi connectivity index (χ1) is 15.4. The molecule has 4 nitrogen and oxygen atoms in total. The summed E-state index contributed by atoms with van der Waals surface area (Å²) in [5, 5.41) is 0.700. The molecule has 168 valence electrons. The fourth-order valence-corrected chi connectivity index (χ4v) is 5.25. The predicted molar refractivity (Wildman–Crippen MR) is 124 cm³/mol. The fourth-order valence-electron chi connectivity index (χ4n) is 4.05. The summed E-state index contributed by atoms with van der Waals surface area (Å²) in [7, 11) is 0. The van der Waals surface area contributed by atoms with Gasteiger partial charge in [0.1, 0.15) is 6.10 Å². The van der Waals surface area contributed by atoms with Gasteiger partial charge in [-0.05, 0) is 47.9 Å². The number of aromatic nitrogens is 1. The van der Waals surface area contributed by atoms with Crippen LogP contribution in [0.5, 0.6) is 0 Å². The van der Waals surface area contributed by atoms with Crippen molar-refractivity contribution in [1.29, 1.82) is 0 Å². The zero-order valence-electron chi connectivity index (χ0n) is 18.0. The molecule has 32 heavy (non-hydrogen) atoms. The number of thiophene rings is 1. The number of hydrogen-bond donors (Lipinski definition) is 0. The van der Waals surface area contributed by atoms with Crippen molar-refractivity contribution in [1.82, 2.24) is 4.98 Å². The molecule has 1 unspecified atom stereocenters. The summed E-state index contributed by atoms with van der Waals surface area (Å²) in [4.78, 5) is 17.4. The summed E-state index contributed by atoms with van der Waals surface area (Å²) < 4.78 is 24.9. The van der Waals surface area contributed by atoms with Crippen molar-refractivity contribution >= 4 is 28.9 Å². The molecule has 3 aromatic rings. The van der Waals surface area contributed by atoms with Gasteiger partial charge in [0.15, 0.2) is 0 Å². The third-order valence-electron chi connectivity index (χ3n) is 5.63. The van der Waals surface area contributed by atoms with E-state index >= 15 is 0 Å². The molecular weight excluding hydrogens is 449 g/mol. The van der Waals surface area contributed by atoms with Crippen LogP contribution in [0.4, 0.5) is 4.39 Å². The van der Waals surface area contributed by atoms with E-state index in [4.69, 9.17) is 21.1 Å². The van der Waals surface area contributed by atoms with Gasteiger partial charge in [0.2, 0.25) is 5.95 Å². The van der Waals surface area contributed by atoms with Crippen molar-refractivity contribution in [2.45, 2.75) is 57.8 Å². The normalized spacial score (nSPS) is 20.8. The lowest BCUT2D eigenvalue weighted by molar-refractivity contribution is -0.160. The topological polar surface area (TPSA) is 48.4 Å². The number of halogens is 2. The molecule has 1 aliphatic rings. The minimum atomic E-state index is -0.486. The van der Waals surface area contributed by atoms with Gasteiger partial charge in [-0.1, -0.05) is 30.7 Å². The maximum absolute atomic E-state index is 13.1. The molecule has 0 bridgehead atoms. The van der Waals surface area contributed by atoms with Gasteiger partial charge in [0, 0.05) is 52.7 Å². The smallest absolute Gasteiger partial charge is 0.302 e. The second-order valence-electron chi connectivity index (χ2n) is 8.02. The number of nitrogens with zero attached hydrogens (tertiary/aromatic N) is 1. The second kappa shape index (κ2) is 10.1. The Labute approximate surface area is 196 Å². The molecule has 3 atom stereocenters. The number of carbonyl (C=O) groups excluding carboxylic acids is 1. The average molecular weight is 474 g/mol. The van der Waals surface area contributed by atoms with Crippen LogP contribution >= 0.6 is 22.9 Å². The molecule has 1 aliphatic heterocycles. The number of esters is 1. The van der Waals surface area contributed by atoms with Crippen LogP contribution in [0, 0.1) is 5.95 Å². The Balaban J connectivity index is 1.52. The largest absolute Gasteiger partial charge is 0.462 e. The zero-order valence-corrected chi connectivity index (χ0v) is 19.6. The standard InChI is InChI=1S/C25H25ClFNO3S/c1-3-19-12-20(30-15(2)29)13-23(31-19)16-4-7-22(26)18(10-16)11-21-6-8-24(32-21)17-5-9-25(27)28-14-17/h4-10,14,19-20,23H,3,11-13H2,1-2H3/t19-,20+,23?/m1/s1. The van der Waals surface area contributed by atoms with Gasteiger partial charge in [0.25, 0.3) is 0 Å². The summed E-state index contributed by atoms with van der Waals surface area (Å²) in [5.41, 5.74) is 2.94. The molecule has 0 saturated carbocycles. The SMILES string of the molecule is CC[C@@H]1C[C@H](OC(C)=O)CC(c2ccc(Cl)c(Cc3ccc(-c4ccc(F)nc4)s3)c2)O1. The van der Waals surface area contributed by atoms with Crippen LogP contribution in [0.15, 0.2) is 48.7 Å². The maximum atomic E-state index is 13.1. The molecule has 4 rings (SSSR count). The molecule has 1 aromatic carbocycles. The highest BCUT2D eigenvalue weighted by Crippen LogP contribution is 2.36. The number of pyridine rings is 1. The number of benzene rings is 1. The highest BCUT2D eigenvalue weighted by molar-refractivity contribution is 7.15. The number of rotatable bonds is 6. The van der Waals surface area contributed by atoms with E-state index in [1.807, 2.05) is 18.2 Å². The van der Waals surface area contributed by atoms with E-state index < -0.39 is 5.95 Å². The van der Waals surface area contributed by atoms with Crippen LogP contribution in [-0.2, 0) is 20.7 Å². The van der Waals surface area contributed by atoms with E-state index in [-0.39, 0.29) is 24.3 Å². The minimum Gasteiger partial charge on any atom is -0.462 e. The van der Waals surface area contributed by atoms with Crippen molar-refractivity contribution in [3.8, 4) is 10.4 Å². The molecule has 0 aliphatic carbocycles. The van der Waals surface area contributed by atoms with E-state index in [0.29, 0.717) is 17.9 Å². The van der Waals surface area contributed by atoms with Crippen molar-refractivity contribution in [2.24, 2.45) is 0 Å². The highest BCUT2D eigenvalue weighted by Gasteiger charge is 2.31. The van der Waals surface area contributed by atoms with E-state index in [1.165, 1.54) is 13.0 Å². The minimum absolute atomic E-state index is 0.0569. The fraction of sp³-hybridized carbons (Fsp3) is 0.360. The molecule has 0 N–H and O–H groups in total. The Morgan fingerprint density at radius 3 is 2.81 bits per heavy atom. The lowest BCUT2D eigenvalue weighted by Crippen LogP contribution is -2.33. The van der Waals surface area contributed by atoms with E-state index in [9.17, 15) is 9.18 Å². The Morgan fingerprint density at radius 2 is 2.09 bits per heavy atom. The molecule has 2 aromatic heterocycles. The van der Waals surface area contributed by atoms with Crippen molar-refractivity contribution in [3.05, 3.63) is 75.6 Å². The van der Waals surface area contributed by atoms with Crippen LogP contribution in [0.25, 0.3) is 10.4 Å². The van der Waals surface area contributed by atoms with Gasteiger partial charge < -0.3 is 9.47 Å². The summed E-state index contributed by atoms with van der Waals surface area (Å²) in [6.45, 7) is 3.53. The third kappa shape index (κ3) is 5.55. The lowest BCUT2D eigenvalue weighted by atomic mass is 9.93. The highest BCUT2D eigenvalue weighted by atomic mass is 35.5. The molecule has 1 fully saturated rings. The van der Waals surface area contributed by atoms with E-state index in [2.05, 4.69) is 24.0 Å². The quantitative estimate of drug-likeness (QED) is 0.293. The number of hydrogen-bond acceptors (Lipinski definition) is 5. The molecule has 0 amide bonds. The number of carbonyl (C=O) groups is 1. The monoisotopic (exact) mass is 473 g/mol. The van der Waals surface area contributed by atoms with E-state index in [1.54, 1.807) is 23.6 Å². The first kappa shape index (κ1) is 22.9. The second-order valence-corrected chi connectivity index (χ2v) is 9.60. The Kier molecular flexibility index (Phi) is 7.23. The van der Waals surface area contributed by atoms with Gasteiger partial charge in [-0.2, -0.15) is 4.39 Å². The summed E-state index contributed by atoms with van der Waals surface area (Å²) in [5.74, 6) is -0.743. The van der Waals surface area contributed by atoms with Gasteiger partial charge in [-0.3, -0.25) is 4.79 Å². The molecule has 7 heteroatoms. The van der Waals surface area contributed by atoms with Crippen molar-refractivity contribution in [3.63, 3.8) is 0 Å². The van der Waals surface area contributed by atoms with Gasteiger partial charge in [-0.15, -0.1) is 11.3 Å². The van der Waals surface area contributed by atoms with Crippen LogP contribution in [0.3, 0.4) is 0 Å². The van der Waals surface area contributed by atoms with Crippen LogP contribution < -0.4 is 0 Å². The molecule has 0 radical (unpaired) electrons. The summed E-state index contributed by atoms with van der Waals surface area (Å²) in [6, 6.07) is 13.2. The lowest BCUT2D eigenvalue weighted by Gasteiger charge is -2.35. The molecule has 3 heterocycles. The Morgan fingerprint density at radius 1 is 1.25 bits per heavy atom. The maximum Gasteiger partial charge on any atom is 0.302 e. The predicted octanol–water partition coefficient (Wildman–Crippen LogP) is 6.76. The molecule has 1 saturated heterocycles. The van der Waals surface area contributed by atoms with Crippen LogP contribution in [-0.4, -0.2) is 23.2 Å². The first-order valence-electron chi connectivity index (χ1n) is 10.7. The third-order valence-corrected chi connectivity index (χ3v) is 7.13. The zero-order chi connectivity index (χ0) is 22.7. The van der Waals surface area contributed by atoms with Crippen molar-refractivity contribution < 1.29 is 18.7 Å². The molecule has 0 spiro atoms. The van der Waals surface area contributed by atoms with Gasteiger partial charge in [0.05, 0.1) is 12.2 Å². The molecular formula is C25H25ClFNO3S. The van der Waals surface area contributed by atoms with Crippen molar-refractivity contribution in [2.75, 3.05) is 0 Å². The van der Waals surface area contributed by atoms with Gasteiger partial charge >= 0.3 is 5.97 Å². The van der Waals surface area contributed by atoms with E-state index in [0.717, 1.165) is 39.3 Å². The summed E-state index contributed by atoms with van der Waals surface area (Å²) >= 11 is 8.16. The van der Waals surface area contributed by atoms with Crippen LogP contribution in [0.1, 0.15) is 55.2 Å². The Hall–Kier alpha value is -2.28. The average Bonchev–Trinajstić information content (AvgIpc) is 3.23. The van der Waals surface area contributed by atoms with Crippen LogP contribution in [0.2, 0.25) is 5.02 Å². The van der Waals surface area contributed by atoms with Gasteiger partial charge in [-0.25, -0.2) is 4.98 Å². The summed E-state index contributed by atoms with van der Waals surface area (Å²) in [6.07, 6.45) is 4.23. The number of ether oxygens (including phenoxy) is 2. The first-order valence-corrected chi connectivity index (χ1v) is 11.9.